The van der Waals surface area contributed by atoms with Crippen molar-refractivity contribution in [2.45, 2.75) is 76.5 Å². The second-order valence-electron chi connectivity index (χ2n) is 8.24. The zero-order chi connectivity index (χ0) is 19.2. The zero-order valence-corrected chi connectivity index (χ0v) is 17.5. The van der Waals surface area contributed by atoms with Crippen molar-refractivity contribution in [3.63, 3.8) is 0 Å². The molecule has 0 atom stereocenters. The Morgan fingerprint density at radius 2 is 1.36 bits per heavy atom. The van der Waals surface area contributed by atoms with E-state index in [4.69, 9.17) is 16.6 Å². The van der Waals surface area contributed by atoms with Gasteiger partial charge in [0.25, 0.3) is 0 Å². The van der Waals surface area contributed by atoms with E-state index >= 15 is 0 Å². The number of rotatable bonds is 2. The van der Waals surface area contributed by atoms with Crippen LogP contribution in [0, 0.1) is 0 Å². The summed E-state index contributed by atoms with van der Waals surface area (Å²) in [4.78, 5) is 5.04. The molecule has 2 nitrogen and oxygen atoms in total. The molecule has 4 rings (SSSR count). The molecule has 0 radical (unpaired) electrons. The highest BCUT2D eigenvalue weighted by Gasteiger charge is 2.22. The minimum atomic E-state index is 0.572. The molecular formula is C25H31ClN2. The number of aromatic nitrogens is 2. The molecule has 0 aliphatic heterocycles. The quantitative estimate of drug-likeness (QED) is 0.429. The Morgan fingerprint density at radius 1 is 0.750 bits per heavy atom. The minimum Gasteiger partial charge on any atom is -0.303 e. The van der Waals surface area contributed by atoms with Gasteiger partial charge in [-0.25, -0.2) is 4.98 Å². The number of pyridine rings is 1. The Balaban J connectivity index is 1.71. The van der Waals surface area contributed by atoms with Crippen molar-refractivity contribution in [2.75, 3.05) is 0 Å². The van der Waals surface area contributed by atoms with Crippen LogP contribution >= 0.6 is 11.6 Å². The number of imidazole rings is 1. The predicted molar refractivity (Wildman–Crippen MR) is 119 cm³/mol. The fourth-order valence-electron chi connectivity index (χ4n) is 4.66. The second-order valence-corrected chi connectivity index (χ2v) is 8.67. The van der Waals surface area contributed by atoms with Crippen LogP contribution in [0.4, 0.5) is 0 Å². The number of fused-ring (bicyclic) bond motifs is 1. The average Bonchev–Trinajstić information content (AvgIpc) is 3.08. The first-order valence-electron chi connectivity index (χ1n) is 11.1. The highest BCUT2D eigenvalue weighted by atomic mass is 35.5. The van der Waals surface area contributed by atoms with Crippen molar-refractivity contribution in [3.05, 3.63) is 59.4 Å². The topological polar surface area (TPSA) is 17.3 Å². The lowest BCUT2D eigenvalue weighted by molar-refractivity contribution is 0.461. The second kappa shape index (κ2) is 9.60. The molecule has 1 aromatic carbocycles. The molecule has 0 N–H and O–H groups in total. The fourth-order valence-corrected chi connectivity index (χ4v) is 4.79. The molecule has 2 aromatic heterocycles. The summed E-state index contributed by atoms with van der Waals surface area (Å²) in [7, 11) is 0. The molecule has 3 heteroatoms. The van der Waals surface area contributed by atoms with Gasteiger partial charge in [0.05, 0.1) is 11.4 Å². The van der Waals surface area contributed by atoms with Crippen molar-refractivity contribution in [2.24, 2.45) is 0 Å². The maximum absolute atomic E-state index is 6.14. The fraction of sp³-hybridized carbons (Fsp3) is 0.480. The van der Waals surface area contributed by atoms with Crippen LogP contribution in [-0.2, 0) is 0 Å². The van der Waals surface area contributed by atoms with Gasteiger partial charge in [-0.1, -0.05) is 87.6 Å². The van der Waals surface area contributed by atoms with E-state index in [9.17, 15) is 0 Å². The van der Waals surface area contributed by atoms with Crippen molar-refractivity contribution < 1.29 is 0 Å². The van der Waals surface area contributed by atoms with Crippen LogP contribution in [0.15, 0.2) is 48.7 Å². The van der Waals surface area contributed by atoms with Gasteiger partial charge in [-0.15, -0.1) is 0 Å². The van der Waals surface area contributed by atoms with Gasteiger partial charge >= 0.3 is 0 Å². The van der Waals surface area contributed by atoms with E-state index in [0.717, 1.165) is 16.4 Å². The van der Waals surface area contributed by atoms with Crippen molar-refractivity contribution in [1.82, 2.24) is 9.38 Å². The highest BCUT2D eigenvalue weighted by molar-refractivity contribution is 6.30. The molecule has 2 heterocycles. The summed E-state index contributed by atoms with van der Waals surface area (Å²) in [6, 6.07) is 14.5. The lowest BCUT2D eigenvalue weighted by Gasteiger charge is -2.19. The first kappa shape index (κ1) is 19.5. The number of hydrogen-bond donors (Lipinski definition) is 0. The van der Waals surface area contributed by atoms with Crippen LogP contribution in [-0.4, -0.2) is 9.38 Å². The third-order valence-electron chi connectivity index (χ3n) is 6.18. The largest absolute Gasteiger partial charge is 0.303 e. The van der Waals surface area contributed by atoms with E-state index in [1.807, 2.05) is 12.1 Å². The lowest BCUT2D eigenvalue weighted by atomic mass is 9.88. The Labute approximate surface area is 174 Å². The van der Waals surface area contributed by atoms with Crippen LogP contribution < -0.4 is 0 Å². The van der Waals surface area contributed by atoms with E-state index in [-0.39, 0.29) is 0 Å². The van der Waals surface area contributed by atoms with E-state index < -0.39 is 0 Å². The molecule has 1 fully saturated rings. The van der Waals surface area contributed by atoms with Crippen LogP contribution in [0.1, 0.15) is 82.2 Å². The average molecular weight is 395 g/mol. The summed E-state index contributed by atoms with van der Waals surface area (Å²) in [6.07, 6.45) is 17.1. The lowest BCUT2D eigenvalue weighted by Crippen LogP contribution is -2.06. The molecule has 148 valence electrons. The van der Waals surface area contributed by atoms with Gasteiger partial charge in [0.2, 0.25) is 0 Å². The maximum atomic E-state index is 6.14. The number of nitrogens with zero attached hydrogens (tertiary/aromatic N) is 2. The summed E-state index contributed by atoms with van der Waals surface area (Å²) in [5, 5.41) is 0.778. The van der Waals surface area contributed by atoms with Gasteiger partial charge in [-0.2, -0.15) is 0 Å². The van der Waals surface area contributed by atoms with Crippen molar-refractivity contribution in [1.29, 1.82) is 0 Å². The van der Waals surface area contributed by atoms with E-state index in [1.165, 1.54) is 81.9 Å². The van der Waals surface area contributed by atoms with Crippen LogP contribution in [0.25, 0.3) is 16.9 Å². The summed E-state index contributed by atoms with van der Waals surface area (Å²) in [5.41, 5.74) is 4.76. The van der Waals surface area contributed by atoms with E-state index in [1.54, 1.807) is 0 Å². The Kier molecular flexibility index (Phi) is 6.69. The summed E-state index contributed by atoms with van der Waals surface area (Å²) < 4.78 is 2.33. The van der Waals surface area contributed by atoms with Crippen LogP contribution in [0.3, 0.4) is 0 Å². The molecule has 0 amide bonds. The third-order valence-corrected chi connectivity index (χ3v) is 6.43. The molecule has 0 spiro atoms. The molecule has 1 aliphatic carbocycles. The van der Waals surface area contributed by atoms with Gasteiger partial charge in [-0.05, 0) is 37.1 Å². The molecule has 28 heavy (non-hydrogen) atoms. The normalized spacial score (nSPS) is 17.9. The maximum Gasteiger partial charge on any atom is 0.137 e. The molecular weight excluding hydrogens is 364 g/mol. The third kappa shape index (κ3) is 4.60. The zero-order valence-electron chi connectivity index (χ0n) is 16.7. The number of halogens is 1. The molecule has 1 saturated carbocycles. The first-order chi connectivity index (χ1) is 13.8. The number of benzene rings is 1. The SMILES string of the molecule is Clc1ccc(-c2nc3ccccn3c2C2CCCCCCCCCCC2)cc1. The summed E-state index contributed by atoms with van der Waals surface area (Å²) >= 11 is 6.14. The van der Waals surface area contributed by atoms with Gasteiger partial charge in [0.15, 0.2) is 0 Å². The van der Waals surface area contributed by atoms with Gasteiger partial charge in [-0.3, -0.25) is 0 Å². The highest BCUT2D eigenvalue weighted by Crippen LogP contribution is 2.36. The number of hydrogen-bond acceptors (Lipinski definition) is 1. The van der Waals surface area contributed by atoms with Gasteiger partial charge in [0, 0.05) is 22.7 Å². The molecule has 0 unspecified atom stereocenters. The van der Waals surface area contributed by atoms with Crippen molar-refractivity contribution in [3.8, 4) is 11.3 Å². The summed E-state index contributed by atoms with van der Waals surface area (Å²) in [5.74, 6) is 0.572. The monoisotopic (exact) mass is 394 g/mol. The standard InChI is InChI=1S/C25H31ClN2/c26-22-17-15-20(16-18-22)24-25(28-19-11-10-14-23(28)27-24)21-12-8-6-4-2-1-3-5-7-9-13-21/h10-11,14-19,21H,1-9,12-13H2. The Morgan fingerprint density at radius 3 is 2.00 bits per heavy atom. The smallest absolute Gasteiger partial charge is 0.137 e. The van der Waals surface area contributed by atoms with E-state index in [2.05, 4.69) is 40.9 Å². The van der Waals surface area contributed by atoms with Gasteiger partial charge < -0.3 is 4.40 Å². The van der Waals surface area contributed by atoms with E-state index in [0.29, 0.717) is 5.92 Å². The predicted octanol–water partition coefficient (Wildman–Crippen LogP) is 8.04. The van der Waals surface area contributed by atoms with Gasteiger partial charge in [0.1, 0.15) is 5.65 Å². The van der Waals surface area contributed by atoms with Crippen LogP contribution in [0.5, 0.6) is 0 Å². The molecule has 0 saturated heterocycles. The first-order valence-corrected chi connectivity index (χ1v) is 11.4. The summed E-state index contributed by atoms with van der Waals surface area (Å²) in [6.45, 7) is 0. The molecule has 1 aliphatic rings. The minimum absolute atomic E-state index is 0.572. The van der Waals surface area contributed by atoms with Crippen molar-refractivity contribution >= 4 is 17.2 Å². The Hall–Kier alpha value is -1.80. The van der Waals surface area contributed by atoms with Crippen LogP contribution in [0.2, 0.25) is 5.02 Å². The molecule has 3 aromatic rings. The molecule has 0 bridgehead atoms. The Bertz CT molecular complexity index is 869.